The lowest BCUT2D eigenvalue weighted by Gasteiger charge is -2.24. The zero-order chi connectivity index (χ0) is 9.68. The average molecular weight is 184 g/mol. The van der Waals surface area contributed by atoms with Crippen LogP contribution in [0.2, 0.25) is 0 Å². The van der Waals surface area contributed by atoms with E-state index in [4.69, 9.17) is 0 Å². The fraction of sp³-hybridized carbons (Fsp3) is 0.909. The number of hydrogen-bond donors (Lipinski definition) is 1. The van der Waals surface area contributed by atoms with Crippen LogP contribution in [0.1, 0.15) is 51.9 Å². The lowest BCUT2D eigenvalue weighted by atomic mass is 9.83. The molecule has 1 rings (SSSR count). The highest BCUT2D eigenvalue weighted by molar-refractivity contribution is 5.81. The number of ketones is 1. The Balaban J connectivity index is 2.25. The third kappa shape index (κ3) is 3.47. The van der Waals surface area contributed by atoms with Gasteiger partial charge >= 0.3 is 0 Å². The summed E-state index contributed by atoms with van der Waals surface area (Å²) in [7, 11) is 0. The highest BCUT2D eigenvalue weighted by Gasteiger charge is 2.26. The molecule has 1 saturated carbocycles. The highest BCUT2D eigenvalue weighted by atomic mass is 16.3. The Hall–Kier alpha value is -0.370. The van der Waals surface area contributed by atoms with Crippen LogP contribution < -0.4 is 0 Å². The van der Waals surface area contributed by atoms with Crippen molar-refractivity contribution in [1.82, 2.24) is 0 Å². The molecule has 2 unspecified atom stereocenters. The minimum Gasteiger partial charge on any atom is -0.393 e. The SMILES string of the molecule is CCCCCC1CC(O)CCC1=O. The van der Waals surface area contributed by atoms with Crippen LogP contribution in [0.5, 0.6) is 0 Å². The van der Waals surface area contributed by atoms with Crippen molar-refractivity contribution in [2.75, 3.05) is 0 Å². The summed E-state index contributed by atoms with van der Waals surface area (Å²) in [6.45, 7) is 2.16. The van der Waals surface area contributed by atoms with Gasteiger partial charge in [-0.1, -0.05) is 26.2 Å². The van der Waals surface area contributed by atoms with E-state index in [9.17, 15) is 9.90 Å². The second kappa shape index (κ2) is 5.38. The predicted molar refractivity (Wildman–Crippen MR) is 52.5 cm³/mol. The van der Waals surface area contributed by atoms with E-state index in [1.54, 1.807) is 0 Å². The maximum atomic E-state index is 11.4. The van der Waals surface area contributed by atoms with Gasteiger partial charge in [0.05, 0.1) is 6.10 Å². The van der Waals surface area contributed by atoms with Crippen LogP contribution >= 0.6 is 0 Å². The Morgan fingerprint density at radius 3 is 2.92 bits per heavy atom. The van der Waals surface area contributed by atoms with Crippen LogP contribution in [0.3, 0.4) is 0 Å². The van der Waals surface area contributed by atoms with Gasteiger partial charge in [0.2, 0.25) is 0 Å². The first-order chi connectivity index (χ1) is 6.24. The molecule has 1 aliphatic carbocycles. The van der Waals surface area contributed by atoms with Crippen LogP contribution in [0.15, 0.2) is 0 Å². The van der Waals surface area contributed by atoms with Crippen molar-refractivity contribution in [3.05, 3.63) is 0 Å². The summed E-state index contributed by atoms with van der Waals surface area (Å²) in [5.74, 6) is 0.539. The summed E-state index contributed by atoms with van der Waals surface area (Å²) in [5.41, 5.74) is 0. The Morgan fingerprint density at radius 1 is 1.46 bits per heavy atom. The Kier molecular flexibility index (Phi) is 4.43. The number of carbonyl (C=O) groups excluding carboxylic acids is 1. The number of hydrogen-bond acceptors (Lipinski definition) is 2. The van der Waals surface area contributed by atoms with Crippen molar-refractivity contribution in [2.24, 2.45) is 5.92 Å². The zero-order valence-corrected chi connectivity index (χ0v) is 8.46. The largest absolute Gasteiger partial charge is 0.393 e. The number of rotatable bonds is 4. The molecule has 0 radical (unpaired) electrons. The van der Waals surface area contributed by atoms with Crippen LogP contribution in [-0.4, -0.2) is 17.0 Å². The lowest BCUT2D eigenvalue weighted by molar-refractivity contribution is -0.127. The molecule has 1 fully saturated rings. The second-order valence-corrected chi connectivity index (χ2v) is 4.09. The number of unbranched alkanes of at least 4 members (excludes halogenated alkanes) is 2. The van der Waals surface area contributed by atoms with Gasteiger partial charge in [-0.2, -0.15) is 0 Å². The molecule has 1 N–H and O–H groups in total. The van der Waals surface area contributed by atoms with Crippen LogP contribution in [0.4, 0.5) is 0 Å². The van der Waals surface area contributed by atoms with E-state index in [1.165, 1.54) is 12.8 Å². The van der Waals surface area contributed by atoms with Crippen LogP contribution in [0.25, 0.3) is 0 Å². The quantitative estimate of drug-likeness (QED) is 0.681. The summed E-state index contributed by atoms with van der Waals surface area (Å²) in [6, 6.07) is 0. The molecular formula is C11H20O2. The molecule has 13 heavy (non-hydrogen) atoms. The van der Waals surface area contributed by atoms with Crippen molar-refractivity contribution < 1.29 is 9.90 Å². The van der Waals surface area contributed by atoms with Gasteiger partial charge in [0.15, 0.2) is 0 Å². The maximum absolute atomic E-state index is 11.4. The van der Waals surface area contributed by atoms with Crippen molar-refractivity contribution in [2.45, 2.75) is 58.0 Å². The minimum atomic E-state index is -0.218. The predicted octanol–water partition coefficient (Wildman–Crippen LogP) is 2.30. The summed E-state index contributed by atoms with van der Waals surface area (Å²) < 4.78 is 0. The van der Waals surface area contributed by atoms with E-state index in [-0.39, 0.29) is 12.0 Å². The summed E-state index contributed by atoms with van der Waals surface area (Å²) in [4.78, 5) is 11.4. The zero-order valence-electron chi connectivity index (χ0n) is 8.46. The Bertz CT molecular complexity index is 165. The lowest BCUT2D eigenvalue weighted by Crippen LogP contribution is -2.27. The third-order valence-corrected chi connectivity index (χ3v) is 2.89. The van der Waals surface area contributed by atoms with Gasteiger partial charge in [0, 0.05) is 12.3 Å². The van der Waals surface area contributed by atoms with E-state index in [0.717, 1.165) is 12.8 Å². The standard InChI is InChI=1S/C11H20O2/c1-2-3-4-5-9-8-10(12)6-7-11(9)13/h9-10,12H,2-8H2,1H3. The summed E-state index contributed by atoms with van der Waals surface area (Å²) in [5, 5.41) is 9.40. The number of carbonyl (C=O) groups is 1. The van der Waals surface area contributed by atoms with Crippen LogP contribution in [-0.2, 0) is 4.79 Å². The van der Waals surface area contributed by atoms with Gasteiger partial charge in [0.25, 0.3) is 0 Å². The fourth-order valence-corrected chi connectivity index (χ4v) is 2.01. The van der Waals surface area contributed by atoms with Gasteiger partial charge in [0.1, 0.15) is 5.78 Å². The fourth-order valence-electron chi connectivity index (χ4n) is 2.01. The molecular weight excluding hydrogens is 164 g/mol. The first-order valence-electron chi connectivity index (χ1n) is 5.44. The molecule has 2 atom stereocenters. The van der Waals surface area contributed by atoms with Gasteiger partial charge in [-0.25, -0.2) is 0 Å². The molecule has 2 heteroatoms. The molecule has 1 aliphatic rings. The maximum Gasteiger partial charge on any atom is 0.136 e. The molecule has 76 valence electrons. The van der Waals surface area contributed by atoms with E-state index in [0.29, 0.717) is 25.0 Å². The first-order valence-corrected chi connectivity index (χ1v) is 5.44. The molecule has 2 nitrogen and oxygen atoms in total. The minimum absolute atomic E-state index is 0.162. The first kappa shape index (κ1) is 10.7. The molecule has 0 aromatic heterocycles. The van der Waals surface area contributed by atoms with Crippen molar-refractivity contribution in [3.63, 3.8) is 0 Å². The van der Waals surface area contributed by atoms with Gasteiger partial charge < -0.3 is 5.11 Å². The molecule has 0 amide bonds. The van der Waals surface area contributed by atoms with E-state index in [1.807, 2.05) is 0 Å². The molecule has 0 bridgehead atoms. The summed E-state index contributed by atoms with van der Waals surface area (Å²) >= 11 is 0. The van der Waals surface area contributed by atoms with Crippen molar-refractivity contribution >= 4 is 5.78 Å². The highest BCUT2D eigenvalue weighted by Crippen LogP contribution is 2.25. The molecule has 0 saturated heterocycles. The topological polar surface area (TPSA) is 37.3 Å². The Morgan fingerprint density at radius 2 is 2.23 bits per heavy atom. The second-order valence-electron chi connectivity index (χ2n) is 4.09. The van der Waals surface area contributed by atoms with Crippen molar-refractivity contribution in [3.8, 4) is 0 Å². The molecule has 0 spiro atoms. The molecule has 0 heterocycles. The average Bonchev–Trinajstić information content (AvgIpc) is 2.11. The monoisotopic (exact) mass is 184 g/mol. The number of aliphatic hydroxyl groups excluding tert-OH is 1. The third-order valence-electron chi connectivity index (χ3n) is 2.89. The smallest absolute Gasteiger partial charge is 0.136 e. The summed E-state index contributed by atoms with van der Waals surface area (Å²) in [6.07, 6.45) is 6.31. The van der Waals surface area contributed by atoms with E-state index in [2.05, 4.69) is 6.92 Å². The van der Waals surface area contributed by atoms with E-state index < -0.39 is 0 Å². The Labute approximate surface area is 80.3 Å². The molecule has 0 aromatic rings. The van der Waals surface area contributed by atoms with Gasteiger partial charge in [-0.15, -0.1) is 0 Å². The molecule has 0 aromatic carbocycles. The normalized spacial score (nSPS) is 29.2. The van der Waals surface area contributed by atoms with Crippen LogP contribution in [0, 0.1) is 5.92 Å². The van der Waals surface area contributed by atoms with Gasteiger partial charge in [-0.3, -0.25) is 4.79 Å². The number of aliphatic hydroxyl groups is 1. The number of Topliss-reactive ketones (excluding diaryl/α,β-unsaturated/α-hetero) is 1. The molecule has 0 aliphatic heterocycles. The van der Waals surface area contributed by atoms with Crippen molar-refractivity contribution in [1.29, 1.82) is 0 Å². The van der Waals surface area contributed by atoms with Gasteiger partial charge in [-0.05, 0) is 19.3 Å². The van der Waals surface area contributed by atoms with E-state index >= 15 is 0 Å².